The third kappa shape index (κ3) is 2.50. The summed E-state index contributed by atoms with van der Waals surface area (Å²) in [7, 11) is 4.12. The molecule has 0 amide bonds. The SMILES string of the molecule is CN(C)c1ccc(CC2=CC=C[CH]2)cc1. The van der Waals surface area contributed by atoms with Gasteiger partial charge in [-0.05, 0) is 24.1 Å². The predicted octanol–water partition coefficient (Wildman–Crippen LogP) is 3.00. The zero-order valence-electron chi connectivity index (χ0n) is 9.27. The molecule has 0 saturated carbocycles. The Hall–Kier alpha value is -1.50. The number of benzene rings is 1. The van der Waals surface area contributed by atoms with Crippen molar-refractivity contribution in [3.8, 4) is 0 Å². The highest BCUT2D eigenvalue weighted by molar-refractivity contribution is 5.47. The van der Waals surface area contributed by atoms with E-state index in [9.17, 15) is 0 Å². The fraction of sp³-hybridized carbons (Fsp3) is 0.214. The van der Waals surface area contributed by atoms with Crippen LogP contribution in [0.5, 0.6) is 0 Å². The molecule has 0 saturated heterocycles. The van der Waals surface area contributed by atoms with Crippen LogP contribution in [-0.2, 0) is 6.42 Å². The maximum absolute atomic E-state index is 2.20. The van der Waals surface area contributed by atoms with Gasteiger partial charge >= 0.3 is 0 Å². The summed E-state index contributed by atoms with van der Waals surface area (Å²) in [5, 5.41) is 0. The van der Waals surface area contributed by atoms with Gasteiger partial charge in [-0.3, -0.25) is 0 Å². The van der Waals surface area contributed by atoms with Crippen molar-refractivity contribution >= 4 is 5.69 Å². The predicted molar refractivity (Wildman–Crippen MR) is 66.0 cm³/mol. The summed E-state index contributed by atoms with van der Waals surface area (Å²) in [4.78, 5) is 2.12. The number of rotatable bonds is 3. The van der Waals surface area contributed by atoms with Crippen LogP contribution in [0, 0.1) is 6.42 Å². The molecule has 0 fully saturated rings. The van der Waals surface area contributed by atoms with Crippen molar-refractivity contribution in [3.05, 3.63) is 60.1 Å². The molecule has 1 aliphatic rings. The molecule has 1 heteroatoms. The van der Waals surface area contributed by atoms with E-state index in [4.69, 9.17) is 0 Å². The van der Waals surface area contributed by atoms with Gasteiger partial charge in [-0.15, -0.1) is 0 Å². The van der Waals surface area contributed by atoms with Crippen molar-refractivity contribution in [1.29, 1.82) is 0 Å². The third-order valence-electron chi connectivity index (χ3n) is 2.59. The Labute approximate surface area is 91.7 Å². The summed E-state index contributed by atoms with van der Waals surface area (Å²) in [6, 6.07) is 8.72. The summed E-state index contributed by atoms with van der Waals surface area (Å²) >= 11 is 0. The van der Waals surface area contributed by atoms with Crippen molar-refractivity contribution < 1.29 is 0 Å². The first-order chi connectivity index (χ1) is 7.25. The molecule has 1 aliphatic carbocycles. The average Bonchev–Trinajstić information content (AvgIpc) is 2.71. The molecule has 0 N–H and O–H groups in total. The first kappa shape index (κ1) is 10.0. The van der Waals surface area contributed by atoms with E-state index in [-0.39, 0.29) is 0 Å². The number of hydrogen-bond acceptors (Lipinski definition) is 1. The van der Waals surface area contributed by atoms with Crippen molar-refractivity contribution in [2.45, 2.75) is 6.42 Å². The van der Waals surface area contributed by atoms with Gasteiger partial charge in [0.2, 0.25) is 0 Å². The van der Waals surface area contributed by atoms with Gasteiger partial charge in [0.15, 0.2) is 0 Å². The molecule has 0 spiro atoms. The maximum atomic E-state index is 2.20. The van der Waals surface area contributed by atoms with Gasteiger partial charge < -0.3 is 4.90 Å². The van der Waals surface area contributed by atoms with Crippen LogP contribution in [0.2, 0.25) is 0 Å². The van der Waals surface area contributed by atoms with Crippen LogP contribution in [0.3, 0.4) is 0 Å². The van der Waals surface area contributed by atoms with Crippen LogP contribution < -0.4 is 4.90 Å². The summed E-state index contributed by atoms with van der Waals surface area (Å²) in [6.07, 6.45) is 9.54. The van der Waals surface area contributed by atoms with Crippen LogP contribution in [-0.4, -0.2) is 14.1 Å². The van der Waals surface area contributed by atoms with E-state index in [0.717, 1.165) is 6.42 Å². The summed E-state index contributed by atoms with van der Waals surface area (Å²) < 4.78 is 0. The lowest BCUT2D eigenvalue weighted by Gasteiger charge is -2.12. The minimum Gasteiger partial charge on any atom is -0.378 e. The standard InChI is InChI=1S/C14H16N/c1-15(2)14-9-7-13(8-10-14)11-12-5-3-4-6-12/h3-10H,11H2,1-2H3. The van der Waals surface area contributed by atoms with E-state index < -0.39 is 0 Å². The molecule has 1 aromatic rings. The lowest BCUT2D eigenvalue weighted by Crippen LogP contribution is -2.08. The molecule has 0 unspecified atom stereocenters. The van der Waals surface area contributed by atoms with Crippen molar-refractivity contribution in [1.82, 2.24) is 0 Å². The molecule has 1 aromatic carbocycles. The molecule has 2 rings (SSSR count). The fourth-order valence-electron chi connectivity index (χ4n) is 1.68. The number of nitrogens with zero attached hydrogens (tertiary/aromatic N) is 1. The second kappa shape index (κ2) is 4.35. The normalized spacial score (nSPS) is 14.1. The van der Waals surface area contributed by atoms with E-state index >= 15 is 0 Å². The van der Waals surface area contributed by atoms with Gasteiger partial charge in [0.05, 0.1) is 0 Å². The summed E-state index contributed by atoms with van der Waals surface area (Å²) in [5.74, 6) is 0. The average molecular weight is 198 g/mol. The molecular weight excluding hydrogens is 182 g/mol. The minimum atomic E-state index is 1.03. The van der Waals surface area contributed by atoms with Gasteiger partial charge in [0.1, 0.15) is 0 Å². The smallest absolute Gasteiger partial charge is 0.0361 e. The fourth-order valence-corrected chi connectivity index (χ4v) is 1.68. The molecule has 0 bridgehead atoms. The Morgan fingerprint density at radius 2 is 1.73 bits per heavy atom. The molecule has 15 heavy (non-hydrogen) atoms. The van der Waals surface area contributed by atoms with Gasteiger partial charge in [0, 0.05) is 26.2 Å². The van der Waals surface area contributed by atoms with E-state index in [0.29, 0.717) is 0 Å². The van der Waals surface area contributed by atoms with E-state index in [2.05, 4.69) is 67.9 Å². The Morgan fingerprint density at radius 1 is 1.00 bits per heavy atom. The van der Waals surface area contributed by atoms with E-state index in [1.807, 2.05) is 0 Å². The lowest BCUT2D eigenvalue weighted by molar-refractivity contribution is 1.12. The number of allylic oxidation sites excluding steroid dienone is 4. The Bertz CT molecular complexity index is 382. The Balaban J connectivity index is 2.04. The highest BCUT2D eigenvalue weighted by Gasteiger charge is 2.02. The summed E-state index contributed by atoms with van der Waals surface area (Å²) in [5.41, 5.74) is 4.00. The molecule has 1 radical (unpaired) electrons. The van der Waals surface area contributed by atoms with Crippen LogP contribution in [0.15, 0.2) is 48.1 Å². The van der Waals surface area contributed by atoms with Crippen LogP contribution in [0.1, 0.15) is 5.56 Å². The molecule has 0 atom stereocenters. The van der Waals surface area contributed by atoms with Gasteiger partial charge in [0.25, 0.3) is 0 Å². The second-order valence-electron chi connectivity index (χ2n) is 4.03. The maximum Gasteiger partial charge on any atom is 0.0361 e. The largest absolute Gasteiger partial charge is 0.378 e. The number of anilines is 1. The molecule has 0 aromatic heterocycles. The highest BCUT2D eigenvalue weighted by Crippen LogP contribution is 2.18. The molecule has 0 aliphatic heterocycles. The van der Waals surface area contributed by atoms with Gasteiger partial charge in [-0.25, -0.2) is 0 Å². The first-order valence-electron chi connectivity index (χ1n) is 5.22. The van der Waals surface area contributed by atoms with E-state index in [1.54, 1.807) is 0 Å². The lowest BCUT2D eigenvalue weighted by atomic mass is 10.0. The monoisotopic (exact) mass is 198 g/mol. The topological polar surface area (TPSA) is 3.24 Å². The van der Waals surface area contributed by atoms with Crippen LogP contribution in [0.25, 0.3) is 0 Å². The number of hydrogen-bond donors (Lipinski definition) is 0. The minimum absolute atomic E-state index is 1.03. The van der Waals surface area contributed by atoms with Crippen molar-refractivity contribution in [3.63, 3.8) is 0 Å². The van der Waals surface area contributed by atoms with Crippen molar-refractivity contribution in [2.24, 2.45) is 0 Å². The molecular formula is C14H16N. The Kier molecular flexibility index (Phi) is 2.91. The molecule has 0 heterocycles. The zero-order chi connectivity index (χ0) is 10.7. The first-order valence-corrected chi connectivity index (χ1v) is 5.22. The molecule has 1 nitrogen and oxygen atoms in total. The zero-order valence-corrected chi connectivity index (χ0v) is 9.27. The summed E-state index contributed by atoms with van der Waals surface area (Å²) in [6.45, 7) is 0. The van der Waals surface area contributed by atoms with E-state index in [1.165, 1.54) is 16.8 Å². The van der Waals surface area contributed by atoms with Gasteiger partial charge in [-0.2, -0.15) is 0 Å². The highest BCUT2D eigenvalue weighted by atomic mass is 15.1. The second-order valence-corrected chi connectivity index (χ2v) is 4.03. The van der Waals surface area contributed by atoms with Crippen LogP contribution in [0.4, 0.5) is 5.69 Å². The van der Waals surface area contributed by atoms with Gasteiger partial charge in [-0.1, -0.05) is 35.9 Å². The van der Waals surface area contributed by atoms with Crippen LogP contribution >= 0.6 is 0 Å². The Morgan fingerprint density at radius 3 is 2.27 bits per heavy atom. The third-order valence-corrected chi connectivity index (χ3v) is 2.59. The molecule has 77 valence electrons. The van der Waals surface area contributed by atoms with Crippen molar-refractivity contribution in [2.75, 3.05) is 19.0 Å². The quantitative estimate of drug-likeness (QED) is 0.721.